The van der Waals surface area contributed by atoms with Gasteiger partial charge in [0.2, 0.25) is 0 Å². The van der Waals surface area contributed by atoms with E-state index in [0.717, 1.165) is 38.9 Å². The van der Waals surface area contributed by atoms with Gasteiger partial charge in [0, 0.05) is 18.7 Å². The molecule has 0 aromatic heterocycles. The molecule has 1 N–H and O–H groups in total. The Balaban J connectivity index is 2.08. The Bertz CT molecular complexity index is 489. The lowest BCUT2D eigenvalue weighted by atomic mass is 9.97. The van der Waals surface area contributed by atoms with Crippen molar-refractivity contribution in [3.63, 3.8) is 0 Å². The third-order valence-corrected chi connectivity index (χ3v) is 4.19. The molecule has 1 saturated heterocycles. The zero-order chi connectivity index (χ0) is 15.2. The van der Waals surface area contributed by atoms with Crippen molar-refractivity contribution < 1.29 is 9.18 Å². The Kier molecular flexibility index (Phi) is 6.00. The molecule has 21 heavy (non-hydrogen) atoms. The van der Waals surface area contributed by atoms with Gasteiger partial charge in [-0.3, -0.25) is 4.79 Å². The van der Waals surface area contributed by atoms with Crippen molar-refractivity contribution in [2.75, 3.05) is 26.2 Å². The molecule has 0 bridgehead atoms. The number of nitrogens with zero attached hydrogens (tertiary/aromatic N) is 1. The monoisotopic (exact) mass is 312 g/mol. The number of carbonyl (C=O) groups excluding carboxylic acids is 1. The van der Waals surface area contributed by atoms with Crippen molar-refractivity contribution in [3.8, 4) is 0 Å². The van der Waals surface area contributed by atoms with E-state index >= 15 is 0 Å². The summed E-state index contributed by atoms with van der Waals surface area (Å²) in [6.07, 6.45) is 3.07. The number of amides is 1. The molecule has 1 heterocycles. The second kappa shape index (κ2) is 7.76. The first-order valence-corrected chi connectivity index (χ1v) is 7.94. The predicted molar refractivity (Wildman–Crippen MR) is 83.2 cm³/mol. The molecule has 1 aliphatic rings. The summed E-state index contributed by atoms with van der Waals surface area (Å²) in [5.74, 6) is -0.120. The standard InChI is InChI=1S/C16H22ClFN2O/c1-2-9-20(11-12-5-7-19-8-6-12)16(21)13-3-4-14(17)15(18)10-13/h3-4,10,12,19H,2,5-9,11H2,1H3. The molecular weight excluding hydrogens is 291 g/mol. The van der Waals surface area contributed by atoms with Crippen LogP contribution in [-0.4, -0.2) is 37.0 Å². The molecule has 5 heteroatoms. The Labute approximate surface area is 130 Å². The third-order valence-electron chi connectivity index (χ3n) is 3.88. The topological polar surface area (TPSA) is 32.3 Å². The van der Waals surface area contributed by atoms with Gasteiger partial charge in [0.05, 0.1) is 5.02 Å². The van der Waals surface area contributed by atoms with Gasteiger partial charge in [-0.05, 0) is 56.5 Å². The van der Waals surface area contributed by atoms with E-state index in [-0.39, 0.29) is 10.9 Å². The van der Waals surface area contributed by atoms with E-state index in [9.17, 15) is 9.18 Å². The minimum atomic E-state index is -0.541. The summed E-state index contributed by atoms with van der Waals surface area (Å²) < 4.78 is 13.5. The molecule has 0 atom stereocenters. The fourth-order valence-electron chi connectivity index (χ4n) is 2.73. The van der Waals surface area contributed by atoms with Crippen molar-refractivity contribution in [3.05, 3.63) is 34.6 Å². The minimum Gasteiger partial charge on any atom is -0.338 e. The van der Waals surface area contributed by atoms with Crippen LogP contribution in [0.2, 0.25) is 5.02 Å². The fraction of sp³-hybridized carbons (Fsp3) is 0.562. The summed E-state index contributed by atoms with van der Waals surface area (Å²) >= 11 is 5.67. The summed E-state index contributed by atoms with van der Waals surface area (Å²) in [5, 5.41) is 3.37. The second-order valence-electron chi connectivity index (χ2n) is 5.57. The number of piperidine rings is 1. The van der Waals surface area contributed by atoms with Crippen LogP contribution in [0.15, 0.2) is 18.2 Å². The molecule has 0 radical (unpaired) electrons. The molecule has 0 saturated carbocycles. The Hall–Kier alpha value is -1.13. The highest BCUT2D eigenvalue weighted by Gasteiger charge is 2.21. The lowest BCUT2D eigenvalue weighted by Crippen LogP contribution is -2.39. The minimum absolute atomic E-state index is 0.0481. The second-order valence-corrected chi connectivity index (χ2v) is 5.98. The van der Waals surface area contributed by atoms with E-state index in [2.05, 4.69) is 5.32 Å². The third kappa shape index (κ3) is 4.42. The molecule has 2 rings (SSSR count). The van der Waals surface area contributed by atoms with Crippen LogP contribution in [0.25, 0.3) is 0 Å². The van der Waals surface area contributed by atoms with Gasteiger partial charge < -0.3 is 10.2 Å². The largest absolute Gasteiger partial charge is 0.338 e. The van der Waals surface area contributed by atoms with Gasteiger partial charge in [0.25, 0.3) is 5.91 Å². The van der Waals surface area contributed by atoms with Gasteiger partial charge >= 0.3 is 0 Å². The van der Waals surface area contributed by atoms with Gasteiger partial charge in [-0.1, -0.05) is 18.5 Å². The molecule has 116 valence electrons. The molecule has 0 aliphatic carbocycles. The summed E-state index contributed by atoms with van der Waals surface area (Å²) in [4.78, 5) is 14.4. The highest BCUT2D eigenvalue weighted by Crippen LogP contribution is 2.19. The SMILES string of the molecule is CCCN(CC1CCNCC1)C(=O)c1ccc(Cl)c(F)c1. The highest BCUT2D eigenvalue weighted by atomic mass is 35.5. The van der Waals surface area contributed by atoms with E-state index in [1.54, 1.807) is 6.07 Å². The molecule has 0 spiro atoms. The van der Waals surface area contributed by atoms with Crippen molar-refractivity contribution in [1.29, 1.82) is 0 Å². The molecule has 1 aliphatic heterocycles. The maximum absolute atomic E-state index is 13.5. The van der Waals surface area contributed by atoms with Crippen molar-refractivity contribution in [1.82, 2.24) is 10.2 Å². The van der Waals surface area contributed by atoms with E-state index in [1.807, 2.05) is 11.8 Å². The average molecular weight is 313 g/mol. The van der Waals surface area contributed by atoms with Crippen LogP contribution in [0, 0.1) is 11.7 Å². The van der Waals surface area contributed by atoms with Crippen molar-refractivity contribution >= 4 is 17.5 Å². The molecule has 3 nitrogen and oxygen atoms in total. The lowest BCUT2D eigenvalue weighted by molar-refractivity contribution is 0.0716. The first-order valence-electron chi connectivity index (χ1n) is 7.57. The molecule has 0 unspecified atom stereocenters. The van der Waals surface area contributed by atoms with Gasteiger partial charge in [-0.25, -0.2) is 4.39 Å². The maximum atomic E-state index is 13.5. The summed E-state index contributed by atoms with van der Waals surface area (Å²) in [6.45, 7) is 5.51. The first-order chi connectivity index (χ1) is 10.1. The summed E-state index contributed by atoms with van der Waals surface area (Å²) in [5.41, 5.74) is 0.374. The van der Waals surface area contributed by atoms with Gasteiger partial charge in [-0.15, -0.1) is 0 Å². The van der Waals surface area contributed by atoms with Crippen LogP contribution in [-0.2, 0) is 0 Å². The summed E-state index contributed by atoms with van der Waals surface area (Å²) in [7, 11) is 0. The number of benzene rings is 1. The number of rotatable bonds is 5. The number of nitrogens with one attached hydrogen (secondary N) is 1. The van der Waals surface area contributed by atoms with Crippen molar-refractivity contribution in [2.45, 2.75) is 26.2 Å². The van der Waals surface area contributed by atoms with E-state index < -0.39 is 5.82 Å². The molecule has 1 aromatic rings. The number of halogens is 2. The first kappa shape index (κ1) is 16.2. The van der Waals surface area contributed by atoms with E-state index in [1.165, 1.54) is 12.1 Å². The Morgan fingerprint density at radius 3 is 2.76 bits per heavy atom. The Morgan fingerprint density at radius 1 is 1.43 bits per heavy atom. The van der Waals surface area contributed by atoms with Gasteiger partial charge in [0.15, 0.2) is 0 Å². The van der Waals surface area contributed by atoms with Crippen LogP contribution < -0.4 is 5.32 Å². The zero-order valence-corrected chi connectivity index (χ0v) is 13.1. The number of hydrogen-bond acceptors (Lipinski definition) is 2. The molecular formula is C16H22ClFN2O. The fourth-order valence-corrected chi connectivity index (χ4v) is 2.85. The number of hydrogen-bond donors (Lipinski definition) is 1. The zero-order valence-electron chi connectivity index (χ0n) is 12.4. The van der Waals surface area contributed by atoms with Gasteiger partial charge in [0.1, 0.15) is 5.82 Å². The van der Waals surface area contributed by atoms with Crippen LogP contribution >= 0.6 is 11.6 Å². The predicted octanol–water partition coefficient (Wildman–Crippen LogP) is 3.33. The molecule has 1 amide bonds. The normalized spacial score (nSPS) is 16.0. The van der Waals surface area contributed by atoms with Crippen LogP contribution in [0.3, 0.4) is 0 Å². The number of carbonyl (C=O) groups is 1. The van der Waals surface area contributed by atoms with Gasteiger partial charge in [-0.2, -0.15) is 0 Å². The van der Waals surface area contributed by atoms with E-state index in [4.69, 9.17) is 11.6 Å². The quantitative estimate of drug-likeness (QED) is 0.904. The van der Waals surface area contributed by atoms with E-state index in [0.29, 0.717) is 18.0 Å². The van der Waals surface area contributed by atoms with Crippen LogP contribution in [0.5, 0.6) is 0 Å². The smallest absolute Gasteiger partial charge is 0.253 e. The molecule has 1 fully saturated rings. The van der Waals surface area contributed by atoms with Crippen molar-refractivity contribution in [2.24, 2.45) is 5.92 Å². The van der Waals surface area contributed by atoms with Crippen LogP contribution in [0.4, 0.5) is 4.39 Å². The highest BCUT2D eigenvalue weighted by molar-refractivity contribution is 6.30. The summed E-state index contributed by atoms with van der Waals surface area (Å²) in [6, 6.07) is 4.27. The van der Waals surface area contributed by atoms with Crippen LogP contribution in [0.1, 0.15) is 36.5 Å². The lowest BCUT2D eigenvalue weighted by Gasteiger charge is -2.30. The molecule has 1 aromatic carbocycles. The Morgan fingerprint density at radius 2 is 2.14 bits per heavy atom. The maximum Gasteiger partial charge on any atom is 0.253 e. The average Bonchev–Trinajstić information content (AvgIpc) is 2.50.